The van der Waals surface area contributed by atoms with E-state index in [9.17, 15) is 9.90 Å². The molecular formula is C14H14BrNO2. The number of amides is 1. The second-order valence-electron chi connectivity index (χ2n) is 4.17. The number of aromatic hydroxyl groups is 1. The lowest BCUT2D eigenvalue weighted by Crippen LogP contribution is -2.27. The Hall–Kier alpha value is -1.55. The van der Waals surface area contributed by atoms with E-state index in [1.165, 1.54) is 0 Å². The van der Waals surface area contributed by atoms with Crippen LogP contribution in [0.2, 0.25) is 0 Å². The Bertz CT molecular complexity index is 583. The van der Waals surface area contributed by atoms with Gasteiger partial charge in [0.2, 0.25) is 5.91 Å². The maximum Gasteiger partial charge on any atom is 0.233 e. The van der Waals surface area contributed by atoms with E-state index in [-0.39, 0.29) is 17.0 Å². The summed E-state index contributed by atoms with van der Waals surface area (Å²) < 4.78 is 0. The number of carbonyl (C=O) groups is 1. The molecule has 0 aliphatic carbocycles. The smallest absolute Gasteiger partial charge is 0.233 e. The van der Waals surface area contributed by atoms with Crippen molar-refractivity contribution >= 4 is 32.6 Å². The molecule has 0 unspecified atom stereocenters. The molecule has 0 heterocycles. The minimum atomic E-state index is -0.0117. The highest BCUT2D eigenvalue weighted by atomic mass is 79.9. The lowest BCUT2D eigenvalue weighted by molar-refractivity contribution is -0.127. The van der Waals surface area contributed by atoms with Crippen LogP contribution in [0.4, 0.5) is 0 Å². The van der Waals surface area contributed by atoms with Crippen LogP contribution >= 0.6 is 15.9 Å². The molecule has 18 heavy (non-hydrogen) atoms. The van der Waals surface area contributed by atoms with E-state index in [1.54, 1.807) is 18.0 Å². The first kappa shape index (κ1) is 12.9. The molecule has 0 aliphatic rings. The average molecular weight is 308 g/mol. The predicted molar refractivity (Wildman–Crippen MR) is 75.9 cm³/mol. The molecule has 0 aliphatic heterocycles. The number of hydrogen-bond donors (Lipinski definition) is 1. The number of rotatable bonds is 3. The van der Waals surface area contributed by atoms with Gasteiger partial charge in [0.15, 0.2) is 0 Å². The molecule has 0 radical (unpaired) electrons. The third-order valence-corrected chi connectivity index (χ3v) is 3.43. The minimum absolute atomic E-state index is 0.0117. The average Bonchev–Trinajstić information content (AvgIpc) is 2.41. The fourth-order valence-corrected chi connectivity index (χ4v) is 2.35. The second-order valence-corrected chi connectivity index (χ2v) is 4.73. The van der Waals surface area contributed by atoms with Gasteiger partial charge in [0.05, 0.1) is 5.33 Å². The molecule has 1 N–H and O–H groups in total. The van der Waals surface area contributed by atoms with Gasteiger partial charge in [-0.25, -0.2) is 0 Å². The zero-order valence-electron chi connectivity index (χ0n) is 10.1. The van der Waals surface area contributed by atoms with Crippen molar-refractivity contribution in [1.29, 1.82) is 0 Å². The predicted octanol–water partition coefficient (Wildman–Crippen LogP) is 2.90. The van der Waals surface area contributed by atoms with Gasteiger partial charge >= 0.3 is 0 Å². The minimum Gasteiger partial charge on any atom is -0.508 e. The SMILES string of the molecule is CN(Cc1c(O)ccc2ccccc12)C(=O)CBr. The Morgan fingerprint density at radius 3 is 2.72 bits per heavy atom. The lowest BCUT2D eigenvalue weighted by Gasteiger charge is -2.18. The Morgan fingerprint density at radius 1 is 1.28 bits per heavy atom. The monoisotopic (exact) mass is 307 g/mol. The van der Waals surface area contributed by atoms with Crippen LogP contribution < -0.4 is 0 Å². The van der Waals surface area contributed by atoms with Crippen LogP contribution in [0, 0.1) is 0 Å². The second kappa shape index (κ2) is 5.40. The summed E-state index contributed by atoms with van der Waals surface area (Å²) in [6, 6.07) is 11.4. The molecule has 1 amide bonds. The third-order valence-electron chi connectivity index (χ3n) is 2.95. The van der Waals surface area contributed by atoms with E-state index in [4.69, 9.17) is 0 Å². The van der Waals surface area contributed by atoms with Gasteiger partial charge in [-0.2, -0.15) is 0 Å². The third kappa shape index (κ3) is 2.48. The molecule has 2 rings (SSSR count). The Kier molecular flexibility index (Phi) is 3.87. The number of nitrogens with zero attached hydrogens (tertiary/aromatic N) is 1. The summed E-state index contributed by atoms with van der Waals surface area (Å²) in [6.45, 7) is 0.400. The van der Waals surface area contributed by atoms with E-state index in [1.807, 2.05) is 30.3 Å². The molecule has 3 nitrogen and oxygen atoms in total. The number of phenols is 1. The number of hydrogen-bond acceptors (Lipinski definition) is 2. The van der Waals surface area contributed by atoms with Crippen molar-refractivity contribution in [2.24, 2.45) is 0 Å². The summed E-state index contributed by atoms with van der Waals surface area (Å²) in [5.74, 6) is 0.213. The van der Waals surface area contributed by atoms with Crippen LogP contribution in [0.5, 0.6) is 5.75 Å². The Morgan fingerprint density at radius 2 is 2.00 bits per heavy atom. The molecule has 2 aromatic rings. The first-order valence-electron chi connectivity index (χ1n) is 5.63. The number of carbonyl (C=O) groups excluding carboxylic acids is 1. The summed E-state index contributed by atoms with van der Waals surface area (Å²) >= 11 is 3.14. The first-order valence-corrected chi connectivity index (χ1v) is 6.75. The normalized spacial score (nSPS) is 10.6. The van der Waals surface area contributed by atoms with Crippen molar-refractivity contribution in [2.75, 3.05) is 12.4 Å². The fourth-order valence-electron chi connectivity index (χ4n) is 1.92. The molecule has 0 spiro atoms. The molecule has 0 fully saturated rings. The van der Waals surface area contributed by atoms with Crippen molar-refractivity contribution in [1.82, 2.24) is 4.90 Å². The van der Waals surface area contributed by atoms with Crippen molar-refractivity contribution in [3.8, 4) is 5.75 Å². The van der Waals surface area contributed by atoms with Gasteiger partial charge in [-0.3, -0.25) is 4.79 Å². The van der Waals surface area contributed by atoms with Crippen molar-refractivity contribution in [3.63, 3.8) is 0 Å². The zero-order chi connectivity index (χ0) is 13.1. The fraction of sp³-hybridized carbons (Fsp3) is 0.214. The molecule has 0 saturated carbocycles. The van der Waals surface area contributed by atoms with Crippen LogP contribution in [-0.2, 0) is 11.3 Å². The Labute approximate surface area is 114 Å². The highest BCUT2D eigenvalue weighted by Crippen LogP contribution is 2.28. The van der Waals surface area contributed by atoms with E-state index in [2.05, 4.69) is 15.9 Å². The Balaban J connectivity index is 2.43. The highest BCUT2D eigenvalue weighted by molar-refractivity contribution is 9.09. The molecule has 2 aromatic carbocycles. The van der Waals surface area contributed by atoms with Crippen LogP contribution in [0.3, 0.4) is 0 Å². The molecule has 0 bridgehead atoms. The largest absolute Gasteiger partial charge is 0.508 e. The zero-order valence-corrected chi connectivity index (χ0v) is 11.6. The van der Waals surface area contributed by atoms with E-state index in [0.29, 0.717) is 6.54 Å². The number of halogens is 1. The summed E-state index contributed by atoms with van der Waals surface area (Å²) in [4.78, 5) is 13.2. The molecule has 0 saturated heterocycles. The summed E-state index contributed by atoms with van der Waals surface area (Å²) in [5.41, 5.74) is 0.782. The first-order chi connectivity index (χ1) is 8.63. The number of fused-ring (bicyclic) bond motifs is 1. The van der Waals surface area contributed by atoms with Crippen molar-refractivity contribution < 1.29 is 9.90 Å². The quantitative estimate of drug-likeness (QED) is 0.886. The molecule has 0 aromatic heterocycles. The van der Waals surface area contributed by atoms with E-state index >= 15 is 0 Å². The molecular weight excluding hydrogens is 294 g/mol. The van der Waals surface area contributed by atoms with Crippen LogP contribution in [0.15, 0.2) is 36.4 Å². The summed E-state index contributed by atoms with van der Waals surface area (Å²) in [7, 11) is 1.73. The topological polar surface area (TPSA) is 40.5 Å². The van der Waals surface area contributed by atoms with Gasteiger partial charge in [-0.15, -0.1) is 0 Å². The molecule has 94 valence electrons. The molecule has 4 heteroatoms. The van der Waals surface area contributed by atoms with Gasteiger partial charge in [-0.1, -0.05) is 46.3 Å². The maximum atomic E-state index is 11.6. The summed E-state index contributed by atoms with van der Waals surface area (Å²) in [5, 5.41) is 12.3. The van der Waals surface area contributed by atoms with Gasteiger partial charge in [-0.05, 0) is 16.8 Å². The van der Waals surface area contributed by atoms with Crippen molar-refractivity contribution in [2.45, 2.75) is 6.54 Å². The number of alkyl halides is 1. The standard InChI is InChI=1S/C14H14BrNO2/c1-16(14(18)8-15)9-12-11-5-3-2-4-10(11)6-7-13(12)17/h2-7,17H,8-9H2,1H3. The molecule has 0 atom stereocenters. The van der Waals surface area contributed by atoms with Gasteiger partial charge in [0, 0.05) is 19.2 Å². The van der Waals surface area contributed by atoms with E-state index < -0.39 is 0 Å². The summed E-state index contributed by atoms with van der Waals surface area (Å²) in [6.07, 6.45) is 0. The van der Waals surface area contributed by atoms with Crippen molar-refractivity contribution in [3.05, 3.63) is 42.0 Å². The van der Waals surface area contributed by atoms with Crippen LogP contribution in [-0.4, -0.2) is 28.3 Å². The van der Waals surface area contributed by atoms with Gasteiger partial charge < -0.3 is 10.0 Å². The van der Waals surface area contributed by atoms with Gasteiger partial charge in [0.25, 0.3) is 0 Å². The van der Waals surface area contributed by atoms with Gasteiger partial charge in [0.1, 0.15) is 5.75 Å². The van der Waals surface area contributed by atoms with E-state index in [0.717, 1.165) is 16.3 Å². The lowest BCUT2D eigenvalue weighted by atomic mass is 10.0. The maximum absolute atomic E-state index is 11.6. The van der Waals surface area contributed by atoms with Crippen LogP contribution in [0.1, 0.15) is 5.56 Å². The number of phenolic OH excluding ortho intramolecular Hbond substituents is 1. The highest BCUT2D eigenvalue weighted by Gasteiger charge is 2.12. The number of benzene rings is 2. The van der Waals surface area contributed by atoms with Crippen LogP contribution in [0.25, 0.3) is 10.8 Å².